The van der Waals surface area contributed by atoms with Crippen LogP contribution in [0.25, 0.3) is 0 Å². The molecule has 0 radical (unpaired) electrons. The highest BCUT2D eigenvalue weighted by Gasteiger charge is 2.05. The van der Waals surface area contributed by atoms with Gasteiger partial charge in [0, 0.05) is 36.1 Å². The summed E-state index contributed by atoms with van der Waals surface area (Å²) >= 11 is 6.20. The third-order valence-corrected chi connectivity index (χ3v) is 3.59. The van der Waals surface area contributed by atoms with Crippen LogP contribution in [0.5, 0.6) is 0 Å². The first kappa shape index (κ1) is 15.3. The molecule has 5 nitrogen and oxygen atoms in total. The van der Waals surface area contributed by atoms with E-state index in [1.54, 1.807) is 18.3 Å². The molecule has 0 aliphatic carbocycles. The zero-order chi connectivity index (χ0) is 15.2. The maximum Gasteiger partial charge on any atom is 0.170 e. The Hall–Kier alpha value is -2.11. The highest BCUT2D eigenvalue weighted by Crippen LogP contribution is 2.18. The van der Waals surface area contributed by atoms with Gasteiger partial charge in [0.25, 0.3) is 0 Å². The Morgan fingerprint density at radius 2 is 2.10 bits per heavy atom. The molecule has 0 saturated carbocycles. The van der Waals surface area contributed by atoms with Crippen molar-refractivity contribution in [1.82, 2.24) is 10.3 Å². The maximum atomic E-state index is 8.64. The van der Waals surface area contributed by atoms with Crippen molar-refractivity contribution in [2.75, 3.05) is 0 Å². The summed E-state index contributed by atoms with van der Waals surface area (Å²) in [5.41, 5.74) is 9.42. The van der Waals surface area contributed by atoms with Crippen LogP contribution < -0.4 is 11.1 Å². The van der Waals surface area contributed by atoms with Gasteiger partial charge in [-0.15, -0.1) is 0 Å². The predicted octanol–water partition coefficient (Wildman–Crippen LogP) is 2.43. The number of nitrogens with zero attached hydrogens (tertiary/aromatic N) is 2. The molecule has 0 saturated heterocycles. The van der Waals surface area contributed by atoms with Crippen molar-refractivity contribution in [3.63, 3.8) is 0 Å². The van der Waals surface area contributed by atoms with Gasteiger partial charge in [-0.05, 0) is 35.7 Å². The zero-order valence-corrected chi connectivity index (χ0v) is 12.4. The topological polar surface area (TPSA) is 83.5 Å². The molecule has 0 aliphatic rings. The van der Waals surface area contributed by atoms with E-state index >= 15 is 0 Å². The summed E-state index contributed by atoms with van der Waals surface area (Å²) in [6.45, 7) is 3.40. The van der Waals surface area contributed by atoms with Crippen LogP contribution in [0.2, 0.25) is 5.02 Å². The molecule has 0 bridgehead atoms. The number of hydrogen-bond donors (Lipinski definition) is 3. The molecule has 6 heteroatoms. The molecule has 21 heavy (non-hydrogen) atoms. The molecule has 0 spiro atoms. The number of benzene rings is 1. The van der Waals surface area contributed by atoms with E-state index in [1.165, 1.54) is 5.56 Å². The lowest BCUT2D eigenvalue weighted by Gasteiger charge is -2.09. The van der Waals surface area contributed by atoms with Crippen molar-refractivity contribution in [3.8, 4) is 0 Å². The molecule has 2 rings (SSSR count). The average Bonchev–Trinajstić information content (AvgIpc) is 2.50. The van der Waals surface area contributed by atoms with Crippen LogP contribution in [0.15, 0.2) is 41.8 Å². The van der Waals surface area contributed by atoms with Gasteiger partial charge in [0.1, 0.15) is 0 Å². The molecule has 0 unspecified atom stereocenters. The molecule has 0 amide bonds. The standard InChI is InChI=1S/C15H17ClN4O/c1-10-4-5-18-8-13(10)9-19-7-12-3-2-11(6-14(12)16)15(17)20-21/h2-6,8,19,21H,7,9H2,1H3,(H2,17,20). The van der Waals surface area contributed by atoms with E-state index in [0.717, 1.165) is 17.7 Å². The fourth-order valence-electron chi connectivity index (χ4n) is 1.92. The lowest BCUT2D eigenvalue weighted by molar-refractivity contribution is 0.318. The fourth-order valence-corrected chi connectivity index (χ4v) is 2.17. The number of nitrogens with two attached hydrogens (primary N) is 1. The van der Waals surface area contributed by atoms with Gasteiger partial charge in [-0.1, -0.05) is 28.9 Å². The summed E-state index contributed by atoms with van der Waals surface area (Å²) in [7, 11) is 0. The van der Waals surface area contributed by atoms with Crippen molar-refractivity contribution >= 4 is 17.4 Å². The smallest absolute Gasteiger partial charge is 0.170 e. The SMILES string of the molecule is Cc1ccncc1CNCc1ccc(/C(N)=N/O)cc1Cl. The van der Waals surface area contributed by atoms with Crippen LogP contribution in [0, 0.1) is 6.92 Å². The summed E-state index contributed by atoms with van der Waals surface area (Å²) < 4.78 is 0. The lowest BCUT2D eigenvalue weighted by Crippen LogP contribution is -2.15. The Morgan fingerprint density at radius 1 is 1.33 bits per heavy atom. The van der Waals surface area contributed by atoms with Crippen LogP contribution >= 0.6 is 11.6 Å². The van der Waals surface area contributed by atoms with Crippen LogP contribution in [0.1, 0.15) is 22.3 Å². The zero-order valence-electron chi connectivity index (χ0n) is 11.7. The summed E-state index contributed by atoms with van der Waals surface area (Å²) in [5, 5.41) is 15.5. The monoisotopic (exact) mass is 304 g/mol. The van der Waals surface area contributed by atoms with Crippen molar-refractivity contribution in [3.05, 3.63) is 63.9 Å². The van der Waals surface area contributed by atoms with Gasteiger partial charge in [-0.25, -0.2) is 0 Å². The Morgan fingerprint density at radius 3 is 2.76 bits per heavy atom. The normalized spacial score (nSPS) is 11.6. The fraction of sp³-hybridized carbons (Fsp3) is 0.200. The molecule has 0 atom stereocenters. The molecule has 1 aromatic carbocycles. The number of hydrogen-bond acceptors (Lipinski definition) is 4. The van der Waals surface area contributed by atoms with Gasteiger partial charge < -0.3 is 16.3 Å². The number of amidine groups is 1. The second-order valence-electron chi connectivity index (χ2n) is 4.70. The second-order valence-corrected chi connectivity index (χ2v) is 5.10. The minimum absolute atomic E-state index is 0.0439. The van der Waals surface area contributed by atoms with E-state index in [2.05, 4.69) is 22.4 Å². The minimum Gasteiger partial charge on any atom is -0.409 e. The number of pyridine rings is 1. The van der Waals surface area contributed by atoms with E-state index < -0.39 is 0 Å². The molecule has 1 aromatic heterocycles. The van der Waals surface area contributed by atoms with Crippen molar-refractivity contribution in [1.29, 1.82) is 0 Å². The van der Waals surface area contributed by atoms with E-state index in [1.807, 2.05) is 18.3 Å². The first-order valence-corrected chi connectivity index (χ1v) is 6.86. The van der Waals surface area contributed by atoms with Crippen molar-refractivity contribution in [2.24, 2.45) is 10.9 Å². The quantitative estimate of drug-likeness (QED) is 0.343. The largest absolute Gasteiger partial charge is 0.409 e. The Balaban J connectivity index is 1.99. The van der Waals surface area contributed by atoms with Gasteiger partial charge in [-0.3, -0.25) is 4.98 Å². The molecule has 0 fully saturated rings. The predicted molar refractivity (Wildman–Crippen MR) is 83.5 cm³/mol. The molecular formula is C15H17ClN4O. The van der Waals surface area contributed by atoms with Gasteiger partial charge in [0.2, 0.25) is 0 Å². The number of halogens is 1. The van der Waals surface area contributed by atoms with Crippen LogP contribution in [-0.2, 0) is 13.1 Å². The summed E-state index contributed by atoms with van der Waals surface area (Å²) in [5.74, 6) is 0.0439. The number of aryl methyl sites for hydroxylation is 1. The third-order valence-electron chi connectivity index (χ3n) is 3.23. The number of rotatable bonds is 5. The molecule has 1 heterocycles. The van der Waals surface area contributed by atoms with Gasteiger partial charge in [0.05, 0.1) is 0 Å². The van der Waals surface area contributed by atoms with E-state index in [-0.39, 0.29) is 5.84 Å². The minimum atomic E-state index is 0.0439. The van der Waals surface area contributed by atoms with Gasteiger partial charge >= 0.3 is 0 Å². The summed E-state index contributed by atoms with van der Waals surface area (Å²) in [6.07, 6.45) is 3.63. The number of nitrogens with one attached hydrogen (secondary N) is 1. The van der Waals surface area contributed by atoms with Crippen LogP contribution in [0.4, 0.5) is 0 Å². The summed E-state index contributed by atoms with van der Waals surface area (Å²) in [4.78, 5) is 4.11. The molecular weight excluding hydrogens is 288 g/mol. The maximum absolute atomic E-state index is 8.64. The molecule has 4 N–H and O–H groups in total. The highest BCUT2D eigenvalue weighted by atomic mass is 35.5. The Bertz CT molecular complexity index is 658. The average molecular weight is 305 g/mol. The first-order chi connectivity index (χ1) is 10.1. The van der Waals surface area contributed by atoms with E-state index in [4.69, 9.17) is 22.5 Å². The van der Waals surface area contributed by atoms with Gasteiger partial charge in [0.15, 0.2) is 5.84 Å². The van der Waals surface area contributed by atoms with Crippen molar-refractivity contribution in [2.45, 2.75) is 20.0 Å². The molecule has 110 valence electrons. The highest BCUT2D eigenvalue weighted by molar-refractivity contribution is 6.31. The van der Waals surface area contributed by atoms with E-state index in [9.17, 15) is 0 Å². The van der Waals surface area contributed by atoms with Crippen LogP contribution in [-0.4, -0.2) is 16.0 Å². The first-order valence-electron chi connectivity index (χ1n) is 6.48. The molecule has 2 aromatic rings. The van der Waals surface area contributed by atoms with E-state index in [0.29, 0.717) is 17.1 Å². The van der Waals surface area contributed by atoms with Gasteiger partial charge in [-0.2, -0.15) is 0 Å². The second kappa shape index (κ2) is 7.06. The van der Waals surface area contributed by atoms with Crippen molar-refractivity contribution < 1.29 is 5.21 Å². The third kappa shape index (κ3) is 3.93. The number of oxime groups is 1. The number of aromatic nitrogens is 1. The lowest BCUT2D eigenvalue weighted by atomic mass is 10.1. The Kier molecular flexibility index (Phi) is 5.14. The van der Waals surface area contributed by atoms with Crippen LogP contribution in [0.3, 0.4) is 0 Å². The molecule has 0 aliphatic heterocycles. The Labute approximate surface area is 128 Å². The summed E-state index contributed by atoms with van der Waals surface area (Å²) in [6, 6.07) is 7.30.